The first kappa shape index (κ1) is 19.3. The predicted molar refractivity (Wildman–Crippen MR) is 101 cm³/mol. The monoisotopic (exact) mass is 352 g/mol. The molecule has 0 aliphatic rings. The second-order valence-corrected chi connectivity index (χ2v) is 5.81. The average molecular weight is 352 g/mol. The molecule has 0 aliphatic carbocycles. The van der Waals surface area contributed by atoms with Crippen molar-refractivity contribution >= 4 is 11.7 Å². The van der Waals surface area contributed by atoms with Gasteiger partial charge in [-0.15, -0.1) is 0 Å². The number of hydrogen-bond acceptors (Lipinski definition) is 5. The maximum Gasteiger partial charge on any atom is 0.347 e. The SMILES string of the molecule is CCN(CC)c1ccccc1COC(=O)C(C)Oc1cccc(C#N)c1. The topological polar surface area (TPSA) is 62.6 Å². The van der Waals surface area contributed by atoms with Crippen LogP contribution in [0.1, 0.15) is 31.9 Å². The summed E-state index contributed by atoms with van der Waals surface area (Å²) in [6.45, 7) is 7.79. The van der Waals surface area contributed by atoms with E-state index in [2.05, 4.69) is 18.7 Å². The van der Waals surface area contributed by atoms with Gasteiger partial charge in [-0.05, 0) is 45.0 Å². The van der Waals surface area contributed by atoms with Crippen molar-refractivity contribution in [3.63, 3.8) is 0 Å². The number of carbonyl (C=O) groups excluding carboxylic acids is 1. The van der Waals surface area contributed by atoms with Crippen LogP contribution >= 0.6 is 0 Å². The quantitative estimate of drug-likeness (QED) is 0.674. The van der Waals surface area contributed by atoms with Crippen LogP contribution in [0.4, 0.5) is 5.69 Å². The van der Waals surface area contributed by atoms with Crippen LogP contribution in [-0.4, -0.2) is 25.2 Å². The molecule has 2 aromatic rings. The highest BCUT2D eigenvalue weighted by Gasteiger charge is 2.18. The fourth-order valence-corrected chi connectivity index (χ4v) is 2.66. The van der Waals surface area contributed by atoms with Crippen molar-refractivity contribution in [2.75, 3.05) is 18.0 Å². The molecule has 0 saturated heterocycles. The van der Waals surface area contributed by atoms with Gasteiger partial charge in [-0.25, -0.2) is 4.79 Å². The second-order valence-electron chi connectivity index (χ2n) is 5.81. The third-order valence-electron chi connectivity index (χ3n) is 4.07. The number of para-hydroxylation sites is 1. The van der Waals surface area contributed by atoms with Crippen molar-refractivity contribution in [2.45, 2.75) is 33.5 Å². The molecule has 5 nitrogen and oxygen atoms in total. The lowest BCUT2D eigenvalue weighted by Gasteiger charge is -2.24. The van der Waals surface area contributed by atoms with E-state index in [1.54, 1.807) is 31.2 Å². The molecule has 2 aromatic carbocycles. The van der Waals surface area contributed by atoms with Gasteiger partial charge in [0.15, 0.2) is 6.10 Å². The van der Waals surface area contributed by atoms with Crippen molar-refractivity contribution in [1.82, 2.24) is 0 Å². The summed E-state index contributed by atoms with van der Waals surface area (Å²) in [5, 5.41) is 8.93. The minimum Gasteiger partial charge on any atom is -0.479 e. The molecule has 0 spiro atoms. The number of hydrogen-bond donors (Lipinski definition) is 0. The van der Waals surface area contributed by atoms with Crippen LogP contribution in [0.25, 0.3) is 0 Å². The number of rotatable bonds is 8. The van der Waals surface area contributed by atoms with Crippen molar-refractivity contribution in [3.8, 4) is 11.8 Å². The Morgan fingerprint density at radius 3 is 2.58 bits per heavy atom. The number of esters is 1. The maximum absolute atomic E-state index is 12.3. The van der Waals surface area contributed by atoms with Crippen molar-refractivity contribution in [2.24, 2.45) is 0 Å². The van der Waals surface area contributed by atoms with E-state index in [0.29, 0.717) is 11.3 Å². The zero-order valence-electron chi connectivity index (χ0n) is 15.4. The molecule has 0 heterocycles. The summed E-state index contributed by atoms with van der Waals surface area (Å²) < 4.78 is 11.0. The van der Waals surface area contributed by atoms with Gasteiger partial charge in [-0.2, -0.15) is 5.26 Å². The Balaban J connectivity index is 1.99. The summed E-state index contributed by atoms with van der Waals surface area (Å²) in [6.07, 6.45) is -0.760. The van der Waals surface area contributed by atoms with Crippen LogP contribution in [-0.2, 0) is 16.1 Å². The number of nitrogens with zero attached hydrogens (tertiary/aromatic N) is 2. The van der Waals surface area contributed by atoms with E-state index in [0.717, 1.165) is 24.3 Å². The molecular formula is C21H24N2O3. The summed E-state index contributed by atoms with van der Waals surface area (Å²) in [4.78, 5) is 14.5. The van der Waals surface area contributed by atoms with Gasteiger partial charge in [-0.3, -0.25) is 0 Å². The number of anilines is 1. The molecule has 0 saturated carbocycles. The van der Waals surface area contributed by atoms with E-state index in [1.807, 2.05) is 30.3 Å². The first-order chi connectivity index (χ1) is 12.6. The molecule has 26 heavy (non-hydrogen) atoms. The molecule has 0 amide bonds. The summed E-state index contributed by atoms with van der Waals surface area (Å²) >= 11 is 0. The molecule has 1 unspecified atom stereocenters. The van der Waals surface area contributed by atoms with Crippen molar-refractivity contribution in [3.05, 3.63) is 59.7 Å². The molecule has 0 aliphatic heterocycles. The zero-order chi connectivity index (χ0) is 18.9. The summed E-state index contributed by atoms with van der Waals surface area (Å²) in [5.74, 6) is 0.0266. The third-order valence-corrected chi connectivity index (χ3v) is 4.07. The van der Waals surface area contributed by atoms with Gasteiger partial charge in [0.25, 0.3) is 0 Å². The van der Waals surface area contributed by atoms with Crippen LogP contribution in [0.5, 0.6) is 5.75 Å². The molecule has 0 N–H and O–H groups in total. The Hall–Kier alpha value is -3.00. The Kier molecular flexibility index (Phi) is 7.04. The molecule has 0 bridgehead atoms. The van der Waals surface area contributed by atoms with E-state index >= 15 is 0 Å². The van der Waals surface area contributed by atoms with Crippen LogP contribution in [0, 0.1) is 11.3 Å². The molecule has 136 valence electrons. The van der Waals surface area contributed by atoms with Crippen LogP contribution in [0.3, 0.4) is 0 Å². The van der Waals surface area contributed by atoms with E-state index in [1.165, 1.54) is 0 Å². The number of benzene rings is 2. The van der Waals surface area contributed by atoms with Gasteiger partial charge < -0.3 is 14.4 Å². The van der Waals surface area contributed by atoms with Crippen molar-refractivity contribution in [1.29, 1.82) is 5.26 Å². The Bertz CT molecular complexity index is 779. The number of carbonyl (C=O) groups is 1. The fourth-order valence-electron chi connectivity index (χ4n) is 2.66. The van der Waals surface area contributed by atoms with Gasteiger partial charge >= 0.3 is 5.97 Å². The first-order valence-corrected chi connectivity index (χ1v) is 8.75. The number of ether oxygens (including phenoxy) is 2. The summed E-state index contributed by atoms with van der Waals surface area (Å²) in [5.41, 5.74) is 2.51. The molecule has 0 fully saturated rings. The smallest absolute Gasteiger partial charge is 0.347 e. The molecule has 2 rings (SSSR count). The van der Waals surface area contributed by atoms with E-state index in [9.17, 15) is 4.79 Å². The Morgan fingerprint density at radius 2 is 1.88 bits per heavy atom. The normalized spacial score (nSPS) is 11.3. The first-order valence-electron chi connectivity index (χ1n) is 8.75. The lowest BCUT2D eigenvalue weighted by Crippen LogP contribution is -2.27. The van der Waals surface area contributed by atoms with Gasteiger partial charge in [0, 0.05) is 24.3 Å². The van der Waals surface area contributed by atoms with E-state index in [-0.39, 0.29) is 6.61 Å². The number of nitriles is 1. The van der Waals surface area contributed by atoms with Gasteiger partial charge in [0.05, 0.1) is 11.6 Å². The molecule has 5 heteroatoms. The molecular weight excluding hydrogens is 328 g/mol. The largest absolute Gasteiger partial charge is 0.479 e. The van der Waals surface area contributed by atoms with Gasteiger partial charge in [0.1, 0.15) is 12.4 Å². The van der Waals surface area contributed by atoms with E-state index in [4.69, 9.17) is 14.7 Å². The lowest BCUT2D eigenvalue weighted by atomic mass is 10.1. The highest BCUT2D eigenvalue weighted by atomic mass is 16.6. The molecule has 0 radical (unpaired) electrons. The lowest BCUT2D eigenvalue weighted by molar-refractivity contribution is -0.152. The Morgan fingerprint density at radius 1 is 1.15 bits per heavy atom. The molecule has 0 aromatic heterocycles. The minimum absolute atomic E-state index is 0.192. The minimum atomic E-state index is -0.760. The summed E-state index contributed by atoms with van der Waals surface area (Å²) in [6, 6.07) is 16.6. The predicted octanol–water partition coefficient (Wildman–Crippen LogP) is 3.92. The highest BCUT2D eigenvalue weighted by molar-refractivity contribution is 5.74. The fraction of sp³-hybridized carbons (Fsp3) is 0.333. The van der Waals surface area contributed by atoms with Gasteiger partial charge in [-0.1, -0.05) is 24.3 Å². The highest BCUT2D eigenvalue weighted by Crippen LogP contribution is 2.21. The standard InChI is InChI=1S/C21H24N2O3/c1-4-23(5-2)20-12-7-6-10-18(20)15-25-21(24)16(3)26-19-11-8-9-17(13-19)14-22/h6-13,16H,4-5,15H2,1-3H3. The van der Waals surface area contributed by atoms with Crippen LogP contribution in [0.2, 0.25) is 0 Å². The van der Waals surface area contributed by atoms with Crippen LogP contribution < -0.4 is 9.64 Å². The zero-order valence-corrected chi connectivity index (χ0v) is 15.4. The average Bonchev–Trinajstić information content (AvgIpc) is 2.68. The third kappa shape index (κ3) is 5.00. The maximum atomic E-state index is 12.3. The molecule has 1 atom stereocenters. The Labute approximate surface area is 154 Å². The van der Waals surface area contributed by atoms with Crippen LogP contribution in [0.15, 0.2) is 48.5 Å². The summed E-state index contributed by atoms with van der Waals surface area (Å²) in [7, 11) is 0. The second kappa shape index (κ2) is 9.47. The van der Waals surface area contributed by atoms with Crippen molar-refractivity contribution < 1.29 is 14.3 Å². The van der Waals surface area contributed by atoms with Gasteiger partial charge in [0.2, 0.25) is 0 Å². The van der Waals surface area contributed by atoms with E-state index < -0.39 is 12.1 Å².